The van der Waals surface area contributed by atoms with Crippen LogP contribution in [0, 0.1) is 5.92 Å². The van der Waals surface area contributed by atoms with Crippen LogP contribution in [0.2, 0.25) is 0 Å². The van der Waals surface area contributed by atoms with Crippen molar-refractivity contribution in [2.75, 3.05) is 31.1 Å². The molecule has 24 nitrogen and oxygen atoms in total. The highest BCUT2D eigenvalue weighted by atomic mass is 33.1. The third-order valence-electron chi connectivity index (χ3n) is 11.6. The molecule has 1 aromatic heterocycles. The second kappa shape index (κ2) is 27.4. The third-order valence-corrected chi connectivity index (χ3v) is 15.1. The maximum absolute atomic E-state index is 14.5. The van der Waals surface area contributed by atoms with Gasteiger partial charge in [-0.15, -0.1) is 11.3 Å². The number of carbonyl (C=O) groups is 11. The van der Waals surface area contributed by atoms with Gasteiger partial charge in [0, 0.05) is 35.6 Å². The first-order valence-corrected chi connectivity index (χ1v) is 26.0. The fourth-order valence-electron chi connectivity index (χ4n) is 7.62. The van der Waals surface area contributed by atoms with Gasteiger partial charge in [0.25, 0.3) is 0 Å². The highest BCUT2D eigenvalue weighted by Gasteiger charge is 2.41. The molecule has 27 heteroatoms. The number of carbonyl (C=O) groups excluding carboxylic acids is 11. The van der Waals surface area contributed by atoms with Gasteiger partial charge in [-0.3, -0.25) is 52.7 Å². The molecule has 0 radical (unpaired) electrons. The monoisotopic (exact) mass is 1030 g/mol. The van der Waals surface area contributed by atoms with E-state index < -0.39 is 139 Å². The zero-order valence-electron chi connectivity index (χ0n) is 38.8. The maximum atomic E-state index is 14.5. The molecule has 384 valence electrons. The van der Waals surface area contributed by atoms with Crippen LogP contribution in [0.4, 0.5) is 0 Å². The highest BCUT2D eigenvalue weighted by molar-refractivity contribution is 8.76. The van der Waals surface area contributed by atoms with Gasteiger partial charge < -0.3 is 70.8 Å². The molecule has 70 heavy (non-hydrogen) atoms. The molecule has 11 amide bonds. The minimum absolute atomic E-state index is 0.00507. The zero-order valence-corrected chi connectivity index (χ0v) is 41.3. The summed E-state index contributed by atoms with van der Waals surface area (Å²) in [5, 5.41) is 20.6. The molecule has 0 aliphatic carbocycles. The maximum Gasteiger partial charge on any atom is 0.246 e. The fraction of sp³-hybridized carbons (Fsp3) is 0.558. The van der Waals surface area contributed by atoms with Crippen molar-refractivity contribution in [1.29, 1.82) is 0 Å². The summed E-state index contributed by atoms with van der Waals surface area (Å²) >= 11 is 1.44. The number of hydrogen-bond donors (Lipinski definition) is 12. The Morgan fingerprint density at radius 3 is 2.14 bits per heavy atom. The quantitative estimate of drug-likeness (QED) is 0.0677. The summed E-state index contributed by atoms with van der Waals surface area (Å²) in [6.45, 7) is 2.96. The van der Waals surface area contributed by atoms with E-state index >= 15 is 0 Å². The Hall–Kier alpha value is -6.03. The van der Waals surface area contributed by atoms with Crippen LogP contribution in [0.3, 0.4) is 0 Å². The van der Waals surface area contributed by atoms with Crippen molar-refractivity contribution in [1.82, 2.24) is 42.1 Å². The van der Waals surface area contributed by atoms with Gasteiger partial charge in [-0.05, 0) is 60.5 Å². The van der Waals surface area contributed by atoms with Crippen molar-refractivity contribution in [2.24, 2.45) is 34.6 Å². The van der Waals surface area contributed by atoms with Gasteiger partial charge in [-0.25, -0.2) is 0 Å². The Morgan fingerprint density at radius 2 is 1.47 bits per heavy atom. The van der Waals surface area contributed by atoms with Gasteiger partial charge >= 0.3 is 0 Å². The van der Waals surface area contributed by atoms with Crippen LogP contribution >= 0.6 is 32.9 Å². The second-order valence-electron chi connectivity index (χ2n) is 16.9. The summed E-state index contributed by atoms with van der Waals surface area (Å²) in [5.41, 5.74) is 28.9. The lowest BCUT2D eigenvalue weighted by Crippen LogP contribution is -2.61. The van der Waals surface area contributed by atoms with Crippen molar-refractivity contribution in [3.8, 4) is 0 Å². The number of nitrogens with two attached hydrogens (primary N) is 5. The number of benzene rings is 1. The van der Waals surface area contributed by atoms with Crippen molar-refractivity contribution >= 4 is 108 Å². The van der Waals surface area contributed by atoms with Crippen LogP contribution in [-0.2, 0) is 59.2 Å². The number of hydrogen-bond acceptors (Lipinski definition) is 16. The standard InChI is InChI=1S/C43H63N13O11S3/c1-3-21(2)35-42(66)51-25(10-11-32(46)57)38(62)53-28(16-33(47)58)39(63)54-29(43(67)56-14-6-8-30(56)41(65)50-26(12-13-44)37(61)49-17-34(48)59)20-70-69-19-24(45)36(60)52-27(40(64)55-35)15-22-18-68-31-9-5-4-7-23(22)31/h4-5,7,9,18,21,24-30,35H,3,6,8,10-17,19-20,44-45H2,1-2H3,(H2,46,57)(H2,47,58)(H2,48,59)(H,49,61)(H,50,65)(H,51,66)(H,52,60)(H,53,62)(H,54,63)(H,55,64)/t21-,24-,25-,26-,27-,28-,29-,30-,35-/m0/s1. The molecule has 1 aromatic carbocycles. The second-order valence-corrected chi connectivity index (χ2v) is 20.4. The van der Waals surface area contributed by atoms with E-state index in [1.54, 1.807) is 13.8 Å². The first kappa shape index (κ1) is 56.6. The van der Waals surface area contributed by atoms with E-state index in [4.69, 9.17) is 28.7 Å². The summed E-state index contributed by atoms with van der Waals surface area (Å²) in [6, 6.07) is -3.40. The van der Waals surface area contributed by atoms with Crippen molar-refractivity contribution in [3.63, 3.8) is 0 Å². The number of fused-ring (bicyclic) bond motifs is 1. The van der Waals surface area contributed by atoms with Crippen molar-refractivity contribution in [3.05, 3.63) is 35.2 Å². The highest BCUT2D eigenvalue weighted by Crippen LogP contribution is 2.28. The summed E-state index contributed by atoms with van der Waals surface area (Å²) in [4.78, 5) is 148. The van der Waals surface area contributed by atoms with E-state index in [1.165, 1.54) is 16.2 Å². The van der Waals surface area contributed by atoms with Gasteiger partial charge in [0.2, 0.25) is 65.0 Å². The van der Waals surface area contributed by atoms with Crippen LogP contribution in [0.25, 0.3) is 10.1 Å². The van der Waals surface area contributed by atoms with E-state index in [0.717, 1.165) is 37.2 Å². The van der Waals surface area contributed by atoms with Crippen molar-refractivity contribution < 1.29 is 52.7 Å². The molecule has 17 N–H and O–H groups in total. The number of amides is 11. The number of primary amides is 3. The number of likely N-dealkylation sites (tertiary alicyclic amines) is 1. The summed E-state index contributed by atoms with van der Waals surface area (Å²) in [6.07, 6.45) is -0.765. The Kier molecular flexibility index (Phi) is 22.1. The van der Waals surface area contributed by atoms with Gasteiger partial charge in [-0.1, -0.05) is 60.1 Å². The predicted octanol–water partition coefficient (Wildman–Crippen LogP) is -3.80. The van der Waals surface area contributed by atoms with Crippen LogP contribution in [0.1, 0.15) is 64.4 Å². The van der Waals surface area contributed by atoms with Gasteiger partial charge in [0.05, 0.1) is 19.0 Å². The van der Waals surface area contributed by atoms with E-state index in [-0.39, 0.29) is 50.3 Å². The van der Waals surface area contributed by atoms with Crippen LogP contribution in [0.15, 0.2) is 29.6 Å². The van der Waals surface area contributed by atoms with Gasteiger partial charge in [-0.2, -0.15) is 0 Å². The van der Waals surface area contributed by atoms with Crippen LogP contribution < -0.4 is 65.9 Å². The number of rotatable bonds is 17. The Balaban J connectivity index is 1.71. The average Bonchev–Trinajstić information content (AvgIpc) is 3.98. The number of nitrogens with one attached hydrogen (secondary N) is 7. The zero-order chi connectivity index (χ0) is 51.7. The number of nitrogens with zero attached hydrogens (tertiary/aromatic N) is 1. The Morgan fingerprint density at radius 1 is 0.814 bits per heavy atom. The number of thiophene rings is 1. The molecule has 3 heterocycles. The topological polar surface area (TPSA) is 405 Å². The molecule has 2 aliphatic rings. The van der Waals surface area contributed by atoms with Crippen molar-refractivity contribution in [2.45, 2.75) is 114 Å². The van der Waals surface area contributed by atoms with E-state index in [0.29, 0.717) is 12.8 Å². The lowest BCUT2D eigenvalue weighted by Gasteiger charge is -2.31. The molecule has 2 aromatic rings. The van der Waals surface area contributed by atoms with E-state index in [1.807, 2.05) is 29.6 Å². The van der Waals surface area contributed by atoms with E-state index in [2.05, 4.69) is 37.2 Å². The van der Waals surface area contributed by atoms with Gasteiger partial charge in [0.1, 0.15) is 42.3 Å². The molecular weight excluding hydrogens is 971 g/mol. The molecule has 0 saturated carbocycles. The molecule has 9 atom stereocenters. The molecular formula is C43H63N13O11S3. The van der Waals surface area contributed by atoms with Crippen LogP contribution in [-0.4, -0.2) is 149 Å². The first-order chi connectivity index (χ1) is 33.2. The summed E-state index contributed by atoms with van der Waals surface area (Å²) in [5.74, 6) is -10.2. The van der Waals surface area contributed by atoms with E-state index in [9.17, 15) is 52.7 Å². The molecule has 2 fully saturated rings. The lowest BCUT2D eigenvalue weighted by atomic mass is 9.96. The summed E-state index contributed by atoms with van der Waals surface area (Å²) < 4.78 is 0.937. The molecule has 4 rings (SSSR count). The molecule has 0 bridgehead atoms. The average molecular weight is 1030 g/mol. The molecule has 0 unspecified atom stereocenters. The lowest BCUT2D eigenvalue weighted by molar-refractivity contribution is -0.142. The SMILES string of the molecule is CC[C@H](C)[C@@H]1NC(=O)[C@H](Cc2csc3ccccc23)NC(=O)[C@@H](N)CSSC[C@@H](C(=O)N2CCC[C@H]2C(=O)N[C@@H](CCN)C(=O)NCC(N)=O)NC(=O)[C@H](CC(N)=O)NC(=O)[C@H](CCC(N)=O)NC1=O. The molecule has 2 saturated heterocycles. The summed E-state index contributed by atoms with van der Waals surface area (Å²) in [7, 11) is 2.08. The minimum atomic E-state index is -1.75. The predicted molar refractivity (Wildman–Crippen MR) is 262 cm³/mol. The van der Waals surface area contributed by atoms with Crippen LogP contribution in [0.5, 0.6) is 0 Å². The third kappa shape index (κ3) is 16.6. The Bertz CT molecular complexity index is 2270. The Labute approximate surface area is 415 Å². The smallest absolute Gasteiger partial charge is 0.246 e. The molecule has 0 spiro atoms. The molecule has 2 aliphatic heterocycles. The fourth-order valence-corrected chi connectivity index (χ4v) is 10.9. The normalized spacial score (nSPS) is 24.1. The largest absolute Gasteiger partial charge is 0.370 e. The van der Waals surface area contributed by atoms with Gasteiger partial charge in [0.15, 0.2) is 0 Å². The first-order valence-electron chi connectivity index (χ1n) is 22.6. The minimum Gasteiger partial charge on any atom is -0.370 e.